The number of unbranched alkanes of at least 4 members (excludes halogenated alkanes) is 2. The number of rotatable bonds is 6. The lowest BCUT2D eigenvalue weighted by atomic mass is 9.93. The molecule has 1 fully saturated rings. The Morgan fingerprint density at radius 1 is 1.23 bits per heavy atom. The molecular formula is C11H18O2. The highest BCUT2D eigenvalue weighted by atomic mass is 16.2. The Balaban J connectivity index is 2.35. The van der Waals surface area contributed by atoms with Gasteiger partial charge in [-0.3, -0.25) is 9.59 Å². The van der Waals surface area contributed by atoms with E-state index in [0.717, 1.165) is 32.1 Å². The van der Waals surface area contributed by atoms with Gasteiger partial charge in [-0.25, -0.2) is 0 Å². The second-order valence-corrected chi connectivity index (χ2v) is 4.02. The predicted octanol–water partition coefficient (Wildman–Crippen LogP) is 2.51. The Morgan fingerprint density at radius 2 is 1.85 bits per heavy atom. The van der Waals surface area contributed by atoms with Crippen LogP contribution in [-0.4, -0.2) is 11.6 Å². The van der Waals surface area contributed by atoms with Crippen LogP contribution in [0.2, 0.25) is 0 Å². The molecule has 1 aliphatic rings. The average Bonchev–Trinajstić information content (AvgIpc) is 2.84. The minimum atomic E-state index is -0.520. The molecule has 0 spiro atoms. The molecule has 0 aromatic heterocycles. The van der Waals surface area contributed by atoms with E-state index in [1.807, 2.05) is 0 Å². The van der Waals surface area contributed by atoms with Crippen LogP contribution in [0.4, 0.5) is 0 Å². The molecule has 2 heteroatoms. The first-order valence-corrected chi connectivity index (χ1v) is 5.18. The van der Waals surface area contributed by atoms with Gasteiger partial charge >= 0.3 is 0 Å². The fourth-order valence-electron chi connectivity index (χ4n) is 1.73. The Labute approximate surface area is 79.7 Å². The second-order valence-electron chi connectivity index (χ2n) is 4.02. The largest absolute Gasteiger partial charge is 0.299 e. The third kappa shape index (κ3) is 2.17. The molecule has 0 heterocycles. The van der Waals surface area contributed by atoms with Crippen LogP contribution in [-0.2, 0) is 9.59 Å². The van der Waals surface area contributed by atoms with E-state index >= 15 is 0 Å². The first-order chi connectivity index (χ1) is 6.13. The summed E-state index contributed by atoms with van der Waals surface area (Å²) in [6.45, 7) is 3.66. The summed E-state index contributed by atoms with van der Waals surface area (Å²) in [6.07, 6.45) is 5.37. The van der Waals surface area contributed by atoms with E-state index in [-0.39, 0.29) is 11.6 Å². The number of carbonyl (C=O) groups is 2. The van der Waals surface area contributed by atoms with Crippen LogP contribution in [0.5, 0.6) is 0 Å². The number of hydrogen-bond donors (Lipinski definition) is 0. The van der Waals surface area contributed by atoms with Crippen molar-refractivity contribution < 1.29 is 9.59 Å². The first-order valence-electron chi connectivity index (χ1n) is 5.18. The monoisotopic (exact) mass is 182 g/mol. The molecule has 0 amide bonds. The van der Waals surface area contributed by atoms with Gasteiger partial charge in [0, 0.05) is 6.42 Å². The summed E-state index contributed by atoms with van der Waals surface area (Å²) >= 11 is 0. The smallest absolute Gasteiger partial charge is 0.146 e. The van der Waals surface area contributed by atoms with Gasteiger partial charge in [0.05, 0.1) is 5.41 Å². The molecule has 1 rings (SSSR count). The van der Waals surface area contributed by atoms with E-state index in [1.165, 1.54) is 0 Å². The van der Waals surface area contributed by atoms with E-state index in [1.54, 1.807) is 6.92 Å². The van der Waals surface area contributed by atoms with E-state index < -0.39 is 5.41 Å². The van der Waals surface area contributed by atoms with Crippen LogP contribution >= 0.6 is 0 Å². The standard InChI is InChI=1S/C11H18O2/c1-3-4-5-6-10(13)11(7-8-11)9(2)12/h3-8H2,1-2H3. The zero-order chi connectivity index (χ0) is 9.90. The minimum absolute atomic E-state index is 0.0778. The van der Waals surface area contributed by atoms with Crippen molar-refractivity contribution >= 4 is 11.6 Å². The first kappa shape index (κ1) is 10.4. The van der Waals surface area contributed by atoms with Crippen molar-refractivity contribution in [3.8, 4) is 0 Å². The summed E-state index contributed by atoms with van der Waals surface area (Å²) in [7, 11) is 0. The summed E-state index contributed by atoms with van der Waals surface area (Å²) in [6, 6.07) is 0. The zero-order valence-corrected chi connectivity index (χ0v) is 8.56. The molecule has 0 aromatic carbocycles. The van der Waals surface area contributed by atoms with Crippen LogP contribution < -0.4 is 0 Å². The van der Waals surface area contributed by atoms with Crippen LogP contribution in [0.15, 0.2) is 0 Å². The van der Waals surface area contributed by atoms with Crippen molar-refractivity contribution in [3.63, 3.8) is 0 Å². The van der Waals surface area contributed by atoms with Gasteiger partial charge in [0.15, 0.2) is 0 Å². The minimum Gasteiger partial charge on any atom is -0.299 e. The average molecular weight is 182 g/mol. The topological polar surface area (TPSA) is 34.1 Å². The normalized spacial score (nSPS) is 18.3. The lowest BCUT2D eigenvalue weighted by molar-refractivity contribution is -0.133. The van der Waals surface area contributed by atoms with Crippen molar-refractivity contribution in [1.29, 1.82) is 0 Å². The number of hydrogen-bond acceptors (Lipinski definition) is 2. The molecule has 1 saturated carbocycles. The molecule has 0 radical (unpaired) electrons. The highest BCUT2D eigenvalue weighted by Gasteiger charge is 2.52. The van der Waals surface area contributed by atoms with Crippen LogP contribution in [0.25, 0.3) is 0 Å². The van der Waals surface area contributed by atoms with E-state index in [0.29, 0.717) is 6.42 Å². The van der Waals surface area contributed by atoms with E-state index in [9.17, 15) is 9.59 Å². The Kier molecular flexibility index (Phi) is 3.23. The van der Waals surface area contributed by atoms with Gasteiger partial charge in [0.25, 0.3) is 0 Å². The second kappa shape index (κ2) is 4.03. The molecule has 2 nitrogen and oxygen atoms in total. The quantitative estimate of drug-likeness (QED) is 0.467. The van der Waals surface area contributed by atoms with E-state index in [2.05, 4.69) is 6.92 Å². The van der Waals surface area contributed by atoms with Gasteiger partial charge in [0.2, 0.25) is 0 Å². The van der Waals surface area contributed by atoms with E-state index in [4.69, 9.17) is 0 Å². The number of Topliss-reactive ketones (excluding diaryl/α,β-unsaturated/α-hetero) is 2. The molecule has 0 unspecified atom stereocenters. The predicted molar refractivity (Wildman–Crippen MR) is 51.5 cm³/mol. The van der Waals surface area contributed by atoms with Crippen LogP contribution in [0.3, 0.4) is 0 Å². The van der Waals surface area contributed by atoms with Gasteiger partial charge in [-0.2, -0.15) is 0 Å². The Bertz CT molecular complexity index is 214. The summed E-state index contributed by atoms with van der Waals surface area (Å²) in [5, 5.41) is 0. The highest BCUT2D eigenvalue weighted by molar-refractivity contribution is 6.08. The van der Waals surface area contributed by atoms with Gasteiger partial charge in [-0.1, -0.05) is 19.8 Å². The van der Waals surface area contributed by atoms with Gasteiger partial charge in [0.1, 0.15) is 11.6 Å². The van der Waals surface area contributed by atoms with Gasteiger partial charge < -0.3 is 0 Å². The zero-order valence-electron chi connectivity index (χ0n) is 8.56. The van der Waals surface area contributed by atoms with Crippen LogP contribution in [0, 0.1) is 5.41 Å². The molecule has 74 valence electrons. The molecule has 0 aromatic rings. The maximum absolute atomic E-state index is 11.6. The van der Waals surface area contributed by atoms with Crippen LogP contribution in [0.1, 0.15) is 52.4 Å². The number of carbonyl (C=O) groups excluding carboxylic acids is 2. The highest BCUT2D eigenvalue weighted by Crippen LogP contribution is 2.48. The van der Waals surface area contributed by atoms with Crippen molar-refractivity contribution in [2.75, 3.05) is 0 Å². The lowest BCUT2D eigenvalue weighted by Crippen LogP contribution is -2.23. The molecule has 13 heavy (non-hydrogen) atoms. The fourth-order valence-corrected chi connectivity index (χ4v) is 1.73. The summed E-state index contributed by atoms with van der Waals surface area (Å²) < 4.78 is 0. The molecule has 0 bridgehead atoms. The Morgan fingerprint density at radius 3 is 2.23 bits per heavy atom. The Hall–Kier alpha value is -0.660. The van der Waals surface area contributed by atoms with Gasteiger partial charge in [-0.15, -0.1) is 0 Å². The molecule has 1 aliphatic carbocycles. The third-order valence-corrected chi connectivity index (χ3v) is 2.97. The van der Waals surface area contributed by atoms with Crippen molar-refractivity contribution in [2.45, 2.75) is 52.4 Å². The van der Waals surface area contributed by atoms with Crippen molar-refractivity contribution in [1.82, 2.24) is 0 Å². The summed E-state index contributed by atoms with van der Waals surface area (Å²) in [5.41, 5.74) is -0.520. The molecule has 0 N–H and O–H groups in total. The van der Waals surface area contributed by atoms with Crippen molar-refractivity contribution in [3.05, 3.63) is 0 Å². The molecular weight excluding hydrogens is 164 g/mol. The summed E-state index contributed by atoms with van der Waals surface area (Å²) in [4.78, 5) is 22.8. The number of ketones is 2. The maximum atomic E-state index is 11.6. The molecule has 0 atom stereocenters. The molecule has 0 saturated heterocycles. The molecule has 0 aliphatic heterocycles. The third-order valence-electron chi connectivity index (χ3n) is 2.97. The maximum Gasteiger partial charge on any atom is 0.146 e. The van der Waals surface area contributed by atoms with Gasteiger partial charge in [-0.05, 0) is 26.2 Å². The SMILES string of the molecule is CCCCCC(=O)C1(C(C)=O)CC1. The van der Waals surface area contributed by atoms with Crippen molar-refractivity contribution in [2.24, 2.45) is 5.41 Å². The lowest BCUT2D eigenvalue weighted by Gasteiger charge is -2.08. The fraction of sp³-hybridized carbons (Fsp3) is 0.818. The summed E-state index contributed by atoms with van der Waals surface area (Å²) in [5.74, 6) is 0.266.